The molecule has 1 N–H and O–H groups in total. The van der Waals surface area contributed by atoms with E-state index in [9.17, 15) is 14.4 Å². The van der Waals surface area contributed by atoms with Crippen LogP contribution in [0.3, 0.4) is 0 Å². The summed E-state index contributed by atoms with van der Waals surface area (Å²) in [5, 5.41) is 2.51. The predicted molar refractivity (Wildman–Crippen MR) is 121 cm³/mol. The minimum atomic E-state index is -0.512. The minimum Gasteiger partial charge on any atom is -0.459 e. The molecule has 3 atom stereocenters. The number of hydrogen-bond acceptors (Lipinski definition) is 8. The fourth-order valence-electron chi connectivity index (χ4n) is 3.45. The van der Waals surface area contributed by atoms with Gasteiger partial charge in [0.05, 0.1) is 25.0 Å². The van der Waals surface area contributed by atoms with Gasteiger partial charge in [0.2, 0.25) is 5.89 Å². The first-order valence-electron chi connectivity index (χ1n) is 10.9. The smallest absolute Gasteiger partial charge is 0.407 e. The van der Waals surface area contributed by atoms with Crippen LogP contribution in [-0.4, -0.2) is 54.8 Å². The fraction of sp³-hybridized carbons (Fsp3) is 0.500. The number of nitrogens with one attached hydrogen (secondary N) is 1. The molecule has 1 aliphatic heterocycles. The number of rotatable bonds is 12. The first-order chi connectivity index (χ1) is 15.9. The molecule has 1 saturated heterocycles. The molecule has 0 aliphatic carbocycles. The van der Waals surface area contributed by atoms with Crippen LogP contribution in [0, 0.1) is 0 Å². The summed E-state index contributed by atoms with van der Waals surface area (Å²) in [6.45, 7) is 5.56. The molecular weight excluding hydrogens is 428 g/mol. The summed E-state index contributed by atoms with van der Waals surface area (Å²) in [7, 11) is 1.30. The lowest BCUT2D eigenvalue weighted by Crippen LogP contribution is -2.38. The number of ketones is 1. The van der Waals surface area contributed by atoms with Crippen LogP contribution in [0.15, 0.2) is 41.6 Å². The highest BCUT2D eigenvalue weighted by atomic mass is 16.6. The molecule has 180 valence electrons. The average Bonchev–Trinajstić information content (AvgIpc) is 3.21. The first-order valence-corrected chi connectivity index (χ1v) is 10.9. The highest BCUT2D eigenvalue weighted by Crippen LogP contribution is 2.26. The zero-order valence-corrected chi connectivity index (χ0v) is 19.2. The van der Waals surface area contributed by atoms with Crippen molar-refractivity contribution < 1.29 is 33.0 Å². The Kier molecular flexibility index (Phi) is 11.1. The fourth-order valence-corrected chi connectivity index (χ4v) is 3.45. The van der Waals surface area contributed by atoms with E-state index in [1.165, 1.54) is 20.1 Å². The maximum absolute atomic E-state index is 12.2. The Morgan fingerprint density at radius 3 is 2.79 bits per heavy atom. The number of amides is 1. The zero-order valence-electron chi connectivity index (χ0n) is 19.2. The molecule has 2 rings (SSSR count). The number of aromatic nitrogens is 1. The number of alkyl carbamates (subject to hydrolysis) is 1. The molecule has 9 nitrogen and oxygen atoms in total. The first kappa shape index (κ1) is 26.1. The Labute approximate surface area is 193 Å². The van der Waals surface area contributed by atoms with Crippen molar-refractivity contribution in [2.75, 3.05) is 13.7 Å². The Morgan fingerprint density at radius 2 is 2.06 bits per heavy atom. The molecule has 33 heavy (non-hydrogen) atoms. The van der Waals surface area contributed by atoms with Crippen LogP contribution in [0.1, 0.15) is 50.6 Å². The van der Waals surface area contributed by atoms with Gasteiger partial charge in [0.15, 0.2) is 0 Å². The summed E-state index contributed by atoms with van der Waals surface area (Å²) < 4.78 is 21.3. The highest BCUT2D eigenvalue weighted by molar-refractivity contribution is 5.82. The third-order valence-electron chi connectivity index (χ3n) is 4.86. The maximum atomic E-state index is 12.2. The molecule has 0 aromatic carbocycles. The number of aryl methyl sites for hydroxylation is 1. The van der Waals surface area contributed by atoms with E-state index in [4.69, 9.17) is 13.9 Å². The van der Waals surface area contributed by atoms with E-state index in [0.29, 0.717) is 51.0 Å². The number of ether oxygens (including phenoxy) is 3. The summed E-state index contributed by atoms with van der Waals surface area (Å²) >= 11 is 0. The van der Waals surface area contributed by atoms with Crippen molar-refractivity contribution in [2.45, 2.75) is 63.8 Å². The SMILES string of the molecule is C=CCC1C[C@@H](OC(=O)/C=C\CCc2coc(/C=C\CNC(=O)OC)n2)C[C@@H](CC(C)=O)O1. The number of oxazole rings is 1. The number of allylic oxidation sites excluding steroid dienone is 1. The Morgan fingerprint density at radius 1 is 1.27 bits per heavy atom. The molecule has 1 aromatic heterocycles. The van der Waals surface area contributed by atoms with Gasteiger partial charge in [-0.25, -0.2) is 14.6 Å². The van der Waals surface area contributed by atoms with Gasteiger partial charge >= 0.3 is 12.1 Å². The second kappa shape index (κ2) is 14.1. The van der Waals surface area contributed by atoms with Crippen molar-refractivity contribution >= 4 is 23.9 Å². The largest absolute Gasteiger partial charge is 0.459 e. The second-order valence-electron chi connectivity index (χ2n) is 7.73. The van der Waals surface area contributed by atoms with Gasteiger partial charge < -0.3 is 23.9 Å². The third-order valence-corrected chi connectivity index (χ3v) is 4.86. The van der Waals surface area contributed by atoms with Crippen LogP contribution in [0.5, 0.6) is 0 Å². The molecule has 0 bridgehead atoms. The van der Waals surface area contributed by atoms with E-state index < -0.39 is 12.1 Å². The Hall–Kier alpha value is -3.20. The quantitative estimate of drug-likeness (QED) is 0.286. The summed E-state index contributed by atoms with van der Waals surface area (Å²) in [4.78, 5) is 38.9. The normalized spacial score (nSPS) is 20.6. The zero-order chi connectivity index (χ0) is 24.1. The predicted octanol–water partition coefficient (Wildman–Crippen LogP) is 3.55. The summed E-state index contributed by atoms with van der Waals surface area (Å²) in [6.07, 6.45) is 11.9. The lowest BCUT2D eigenvalue weighted by atomic mass is 9.96. The number of carbonyl (C=O) groups is 3. The number of carbonyl (C=O) groups excluding carboxylic acids is 3. The van der Waals surface area contributed by atoms with Gasteiger partial charge in [-0.15, -0.1) is 6.58 Å². The van der Waals surface area contributed by atoms with E-state index in [-0.39, 0.29) is 24.1 Å². The minimum absolute atomic E-state index is 0.0496. The van der Waals surface area contributed by atoms with Gasteiger partial charge in [0.25, 0.3) is 0 Å². The molecule has 1 aliphatic rings. The van der Waals surface area contributed by atoms with Gasteiger partial charge in [0, 0.05) is 31.9 Å². The molecule has 0 radical (unpaired) electrons. The van der Waals surface area contributed by atoms with E-state index in [0.717, 1.165) is 5.69 Å². The van der Waals surface area contributed by atoms with Gasteiger partial charge in [-0.05, 0) is 32.3 Å². The molecule has 9 heteroatoms. The number of esters is 1. The van der Waals surface area contributed by atoms with E-state index in [1.807, 2.05) is 0 Å². The number of hydrogen-bond donors (Lipinski definition) is 1. The highest BCUT2D eigenvalue weighted by Gasteiger charge is 2.31. The molecule has 0 saturated carbocycles. The van der Waals surface area contributed by atoms with Gasteiger partial charge in [0.1, 0.15) is 18.2 Å². The topological polar surface area (TPSA) is 117 Å². The van der Waals surface area contributed by atoms with E-state index >= 15 is 0 Å². The molecule has 1 unspecified atom stereocenters. The second-order valence-corrected chi connectivity index (χ2v) is 7.73. The van der Waals surface area contributed by atoms with E-state index in [2.05, 4.69) is 21.6 Å². The molecule has 0 spiro atoms. The van der Waals surface area contributed by atoms with Gasteiger partial charge in [-0.2, -0.15) is 0 Å². The van der Waals surface area contributed by atoms with Crippen LogP contribution >= 0.6 is 0 Å². The maximum Gasteiger partial charge on any atom is 0.407 e. The molecular formula is C24H32N2O7. The number of nitrogens with zero attached hydrogens (tertiary/aromatic N) is 1. The van der Waals surface area contributed by atoms with Crippen molar-refractivity contribution in [3.63, 3.8) is 0 Å². The monoisotopic (exact) mass is 460 g/mol. The standard InChI is InChI=1S/C24H32N2O7/c1-4-8-19-14-21(15-20(32-19)13-17(2)27)33-23(28)11-6-5-9-18-16-31-22(26-18)10-7-12-25-24(29)30-3/h4,6-7,10-11,16,19-21H,1,5,8-9,12-15H2,2-3H3,(H,25,29)/b10-7-,11-6-/t19?,20-,21-/m1/s1. The van der Waals surface area contributed by atoms with Crippen molar-refractivity contribution in [2.24, 2.45) is 0 Å². The molecule has 1 amide bonds. The van der Waals surface area contributed by atoms with Crippen molar-refractivity contribution in [3.8, 4) is 0 Å². The lowest BCUT2D eigenvalue weighted by Gasteiger charge is -2.34. The Balaban J connectivity index is 1.74. The van der Waals surface area contributed by atoms with Crippen LogP contribution in [0.4, 0.5) is 4.79 Å². The Bertz CT molecular complexity index is 859. The van der Waals surface area contributed by atoms with Crippen molar-refractivity contribution in [1.82, 2.24) is 10.3 Å². The van der Waals surface area contributed by atoms with Crippen LogP contribution in [-0.2, 0) is 30.2 Å². The van der Waals surface area contributed by atoms with Crippen LogP contribution < -0.4 is 5.32 Å². The van der Waals surface area contributed by atoms with Crippen molar-refractivity contribution in [3.05, 3.63) is 48.7 Å². The van der Waals surface area contributed by atoms with E-state index in [1.54, 1.807) is 30.6 Å². The van der Waals surface area contributed by atoms with Gasteiger partial charge in [-0.1, -0.05) is 18.2 Å². The lowest BCUT2D eigenvalue weighted by molar-refractivity contribution is -0.157. The molecule has 1 aromatic rings. The van der Waals surface area contributed by atoms with Crippen LogP contribution in [0.25, 0.3) is 6.08 Å². The summed E-state index contributed by atoms with van der Waals surface area (Å²) in [5.74, 6) is 0.0602. The summed E-state index contributed by atoms with van der Waals surface area (Å²) in [6, 6.07) is 0. The van der Waals surface area contributed by atoms with Gasteiger partial charge in [-0.3, -0.25) is 4.79 Å². The molecule has 1 fully saturated rings. The average molecular weight is 461 g/mol. The number of methoxy groups -OCH3 is 1. The molecule has 2 heterocycles. The third kappa shape index (κ3) is 10.3. The number of Topliss-reactive ketones (excluding diaryl/α,β-unsaturated/α-hetero) is 1. The van der Waals surface area contributed by atoms with Crippen molar-refractivity contribution in [1.29, 1.82) is 0 Å². The van der Waals surface area contributed by atoms with Crippen LogP contribution in [0.2, 0.25) is 0 Å². The summed E-state index contributed by atoms with van der Waals surface area (Å²) in [5.41, 5.74) is 0.748.